The SMILES string of the molecule is COCCOc1ccc(N)c(C(=N)c2cc(N3CCC(CO)C3)ncn2)c1. The van der Waals surface area contributed by atoms with Gasteiger partial charge in [0.25, 0.3) is 0 Å². The Bertz CT molecular complexity index is 799. The van der Waals surface area contributed by atoms with Gasteiger partial charge in [0.15, 0.2) is 0 Å². The monoisotopic (exact) mass is 371 g/mol. The Morgan fingerprint density at radius 2 is 2.19 bits per heavy atom. The normalized spacial score (nSPS) is 16.5. The molecule has 1 aliphatic heterocycles. The molecule has 1 fully saturated rings. The average molecular weight is 371 g/mol. The molecule has 0 aliphatic carbocycles. The Balaban J connectivity index is 1.79. The molecule has 1 aliphatic rings. The Kier molecular flexibility index (Phi) is 6.20. The van der Waals surface area contributed by atoms with Crippen LogP contribution < -0.4 is 15.4 Å². The van der Waals surface area contributed by atoms with Gasteiger partial charge in [0, 0.05) is 50.0 Å². The molecule has 3 rings (SSSR count). The molecule has 2 heterocycles. The third kappa shape index (κ3) is 4.53. The molecule has 1 atom stereocenters. The van der Waals surface area contributed by atoms with Gasteiger partial charge >= 0.3 is 0 Å². The molecule has 0 saturated carbocycles. The molecule has 1 saturated heterocycles. The van der Waals surface area contributed by atoms with Crippen LogP contribution in [0, 0.1) is 11.3 Å². The van der Waals surface area contributed by atoms with E-state index >= 15 is 0 Å². The van der Waals surface area contributed by atoms with Crippen molar-refractivity contribution in [3.8, 4) is 5.75 Å². The third-order valence-electron chi connectivity index (χ3n) is 4.63. The second-order valence-electron chi connectivity index (χ2n) is 6.51. The first kappa shape index (κ1) is 19.1. The minimum absolute atomic E-state index is 0.177. The minimum Gasteiger partial charge on any atom is -0.491 e. The van der Waals surface area contributed by atoms with Gasteiger partial charge in [-0.3, -0.25) is 5.41 Å². The van der Waals surface area contributed by atoms with Crippen molar-refractivity contribution in [2.45, 2.75) is 6.42 Å². The first-order valence-corrected chi connectivity index (χ1v) is 8.90. The molecule has 4 N–H and O–H groups in total. The molecule has 8 heteroatoms. The van der Waals surface area contributed by atoms with E-state index in [-0.39, 0.29) is 18.2 Å². The number of nitrogen functional groups attached to an aromatic ring is 1. The third-order valence-corrected chi connectivity index (χ3v) is 4.63. The van der Waals surface area contributed by atoms with Crippen LogP contribution in [0.2, 0.25) is 0 Å². The van der Waals surface area contributed by atoms with Crippen molar-refractivity contribution in [3.63, 3.8) is 0 Å². The molecule has 1 unspecified atom stereocenters. The van der Waals surface area contributed by atoms with E-state index in [9.17, 15) is 5.11 Å². The summed E-state index contributed by atoms with van der Waals surface area (Å²) in [4.78, 5) is 10.7. The summed E-state index contributed by atoms with van der Waals surface area (Å²) >= 11 is 0. The Morgan fingerprint density at radius 1 is 1.33 bits per heavy atom. The summed E-state index contributed by atoms with van der Waals surface area (Å²) in [5.74, 6) is 1.65. The van der Waals surface area contributed by atoms with Gasteiger partial charge in [0.2, 0.25) is 0 Å². The molecular weight excluding hydrogens is 346 g/mol. The predicted molar refractivity (Wildman–Crippen MR) is 104 cm³/mol. The summed E-state index contributed by atoms with van der Waals surface area (Å²) in [6.45, 7) is 2.67. The van der Waals surface area contributed by atoms with E-state index in [1.54, 1.807) is 31.4 Å². The van der Waals surface area contributed by atoms with E-state index < -0.39 is 0 Å². The zero-order valence-electron chi connectivity index (χ0n) is 15.4. The van der Waals surface area contributed by atoms with Gasteiger partial charge in [0.05, 0.1) is 18.0 Å². The molecule has 0 radical (unpaired) electrons. The van der Waals surface area contributed by atoms with E-state index in [4.69, 9.17) is 20.6 Å². The van der Waals surface area contributed by atoms with Gasteiger partial charge in [-0.2, -0.15) is 0 Å². The first-order valence-electron chi connectivity index (χ1n) is 8.90. The van der Waals surface area contributed by atoms with Crippen molar-refractivity contribution in [2.75, 3.05) is 50.7 Å². The van der Waals surface area contributed by atoms with Gasteiger partial charge in [-0.1, -0.05) is 0 Å². The van der Waals surface area contributed by atoms with Gasteiger partial charge in [0.1, 0.15) is 24.5 Å². The summed E-state index contributed by atoms with van der Waals surface area (Å²) in [6.07, 6.45) is 2.39. The summed E-state index contributed by atoms with van der Waals surface area (Å²) in [6, 6.07) is 7.03. The number of aliphatic hydroxyl groups excluding tert-OH is 1. The number of hydrogen-bond donors (Lipinski definition) is 3. The molecule has 0 amide bonds. The highest BCUT2D eigenvalue weighted by Gasteiger charge is 2.23. The summed E-state index contributed by atoms with van der Waals surface area (Å²) in [5, 5.41) is 17.9. The number of nitrogens with one attached hydrogen (secondary N) is 1. The number of methoxy groups -OCH3 is 1. The van der Waals surface area contributed by atoms with Crippen LogP contribution in [0.5, 0.6) is 5.75 Å². The quantitative estimate of drug-likeness (QED) is 0.364. The number of anilines is 2. The maximum Gasteiger partial charge on any atom is 0.132 e. The van der Waals surface area contributed by atoms with Gasteiger partial charge in [-0.15, -0.1) is 0 Å². The lowest BCUT2D eigenvalue weighted by atomic mass is 10.0. The highest BCUT2D eigenvalue weighted by Crippen LogP contribution is 2.25. The molecular formula is C19H25N5O3. The Labute approximate surface area is 158 Å². The number of nitrogens with zero attached hydrogens (tertiary/aromatic N) is 3. The predicted octanol–water partition coefficient (Wildman–Crippen LogP) is 1.32. The molecule has 8 nitrogen and oxygen atoms in total. The number of rotatable bonds is 8. The van der Waals surface area contributed by atoms with Crippen LogP contribution in [0.3, 0.4) is 0 Å². The van der Waals surface area contributed by atoms with Crippen LogP contribution >= 0.6 is 0 Å². The van der Waals surface area contributed by atoms with Crippen molar-refractivity contribution in [1.82, 2.24) is 9.97 Å². The number of aromatic nitrogens is 2. The van der Waals surface area contributed by atoms with Crippen LogP contribution in [0.15, 0.2) is 30.6 Å². The summed E-state index contributed by atoms with van der Waals surface area (Å²) < 4.78 is 10.6. The molecule has 0 spiro atoms. The fraction of sp³-hybridized carbons (Fsp3) is 0.421. The zero-order chi connectivity index (χ0) is 19.2. The van der Waals surface area contributed by atoms with Crippen LogP contribution in [0.25, 0.3) is 0 Å². The Morgan fingerprint density at radius 3 is 2.93 bits per heavy atom. The van der Waals surface area contributed by atoms with Crippen molar-refractivity contribution < 1.29 is 14.6 Å². The number of nitrogens with two attached hydrogens (primary N) is 1. The van der Waals surface area contributed by atoms with Crippen LogP contribution in [-0.2, 0) is 4.74 Å². The highest BCUT2D eigenvalue weighted by molar-refractivity contribution is 6.13. The molecule has 27 heavy (non-hydrogen) atoms. The number of aliphatic hydroxyl groups is 1. The second-order valence-corrected chi connectivity index (χ2v) is 6.51. The molecule has 0 bridgehead atoms. The molecule has 1 aromatic heterocycles. The smallest absolute Gasteiger partial charge is 0.132 e. The summed E-state index contributed by atoms with van der Waals surface area (Å²) in [7, 11) is 1.61. The van der Waals surface area contributed by atoms with Crippen LogP contribution in [-0.4, -0.2) is 60.8 Å². The lowest BCUT2D eigenvalue weighted by molar-refractivity contribution is 0.146. The van der Waals surface area contributed by atoms with Crippen molar-refractivity contribution in [2.24, 2.45) is 5.92 Å². The van der Waals surface area contributed by atoms with Gasteiger partial charge in [-0.05, 0) is 24.6 Å². The van der Waals surface area contributed by atoms with Crippen molar-refractivity contribution in [3.05, 3.63) is 41.9 Å². The van der Waals surface area contributed by atoms with Crippen molar-refractivity contribution in [1.29, 1.82) is 5.41 Å². The van der Waals surface area contributed by atoms with Gasteiger partial charge < -0.3 is 25.2 Å². The van der Waals surface area contributed by atoms with E-state index in [2.05, 4.69) is 14.9 Å². The topological polar surface area (TPSA) is 118 Å². The largest absolute Gasteiger partial charge is 0.491 e. The maximum atomic E-state index is 9.33. The first-order chi connectivity index (χ1) is 13.1. The minimum atomic E-state index is 0.177. The lowest BCUT2D eigenvalue weighted by Gasteiger charge is -2.18. The van der Waals surface area contributed by atoms with Crippen LogP contribution in [0.1, 0.15) is 17.7 Å². The summed E-state index contributed by atoms with van der Waals surface area (Å²) in [5.41, 5.74) is 7.83. The molecule has 2 aromatic rings. The molecule has 1 aromatic carbocycles. The van der Waals surface area contributed by atoms with Crippen LogP contribution in [0.4, 0.5) is 11.5 Å². The maximum absolute atomic E-state index is 9.33. The van der Waals surface area contributed by atoms with Gasteiger partial charge in [-0.25, -0.2) is 9.97 Å². The lowest BCUT2D eigenvalue weighted by Crippen LogP contribution is -2.22. The highest BCUT2D eigenvalue weighted by atomic mass is 16.5. The number of hydrogen-bond acceptors (Lipinski definition) is 8. The number of ether oxygens (including phenoxy) is 2. The second kappa shape index (κ2) is 8.79. The van der Waals surface area contributed by atoms with Crippen molar-refractivity contribution >= 4 is 17.2 Å². The van der Waals surface area contributed by atoms with E-state index in [0.717, 1.165) is 25.3 Å². The van der Waals surface area contributed by atoms with E-state index in [0.29, 0.717) is 35.9 Å². The average Bonchev–Trinajstić information content (AvgIpc) is 3.18. The fourth-order valence-electron chi connectivity index (χ4n) is 3.07. The standard InChI is InChI=1S/C19H25N5O3/c1-26-6-7-27-14-2-3-16(20)15(8-14)19(21)17-9-18(23-12-22-17)24-5-4-13(10-24)11-25/h2-3,8-9,12-13,21,25H,4-7,10-11,20H2,1H3. The molecule has 144 valence electrons. The van der Waals surface area contributed by atoms with E-state index in [1.807, 2.05) is 0 Å². The van der Waals surface area contributed by atoms with E-state index in [1.165, 1.54) is 6.33 Å². The zero-order valence-corrected chi connectivity index (χ0v) is 15.4. The fourth-order valence-corrected chi connectivity index (χ4v) is 3.07. The number of benzene rings is 1. The Hall–Kier alpha value is -2.71.